The van der Waals surface area contributed by atoms with Crippen LogP contribution in [0.15, 0.2) is 62.6 Å². The van der Waals surface area contributed by atoms with Gasteiger partial charge in [0.2, 0.25) is 0 Å². The van der Waals surface area contributed by atoms with Crippen LogP contribution in [0.3, 0.4) is 0 Å². The molecule has 3 rings (SSSR count). The minimum absolute atomic E-state index is 0.0435. The van der Waals surface area contributed by atoms with Gasteiger partial charge in [0.1, 0.15) is 11.3 Å². The van der Waals surface area contributed by atoms with E-state index in [0.717, 1.165) is 10.5 Å². The molecule has 0 aliphatic carbocycles. The predicted octanol–water partition coefficient (Wildman–Crippen LogP) is 3.22. The van der Waals surface area contributed by atoms with Crippen molar-refractivity contribution >= 4 is 21.8 Å². The number of para-hydroxylation sites is 1. The quantitative estimate of drug-likeness (QED) is 0.747. The highest BCUT2D eigenvalue weighted by molar-refractivity contribution is 7.85. The molecule has 0 fully saturated rings. The summed E-state index contributed by atoms with van der Waals surface area (Å²) in [5, 5.41) is 10.9. The molecule has 0 aliphatic rings. The highest BCUT2D eigenvalue weighted by Gasteiger charge is 2.14. The Morgan fingerprint density at radius 2 is 1.78 bits per heavy atom. The summed E-state index contributed by atoms with van der Waals surface area (Å²) in [6, 6.07) is 14.1. The average Bonchev–Trinajstić information content (AvgIpc) is 2.58. The standard InChI is InChI=1S/C18H16O4S/c1-2-23(21)13-9-7-12(8-10-13)11-15-17(19)14-5-3-4-6-16(14)22-18(15)20/h3-10,19H,2,11H2,1H3. The van der Waals surface area contributed by atoms with Gasteiger partial charge in [-0.05, 0) is 29.8 Å². The lowest BCUT2D eigenvalue weighted by molar-refractivity contribution is 0.458. The summed E-state index contributed by atoms with van der Waals surface area (Å²) in [5.74, 6) is 0.520. The van der Waals surface area contributed by atoms with Gasteiger partial charge in [0.15, 0.2) is 0 Å². The van der Waals surface area contributed by atoms with Gasteiger partial charge in [-0.15, -0.1) is 0 Å². The molecule has 1 unspecified atom stereocenters. The molecule has 1 atom stereocenters. The van der Waals surface area contributed by atoms with Gasteiger partial charge in [0, 0.05) is 17.1 Å². The Bertz CT molecular complexity index is 926. The van der Waals surface area contributed by atoms with Gasteiger partial charge in [0.05, 0.1) is 21.7 Å². The molecule has 2 aromatic carbocycles. The topological polar surface area (TPSA) is 67.5 Å². The van der Waals surface area contributed by atoms with E-state index in [-0.39, 0.29) is 17.7 Å². The van der Waals surface area contributed by atoms with E-state index in [0.29, 0.717) is 16.7 Å². The Hall–Kier alpha value is -2.40. The van der Waals surface area contributed by atoms with E-state index in [1.165, 1.54) is 0 Å². The van der Waals surface area contributed by atoms with E-state index < -0.39 is 16.4 Å². The molecule has 0 radical (unpaired) electrons. The largest absolute Gasteiger partial charge is 0.507 e. The smallest absolute Gasteiger partial charge is 0.343 e. The molecular formula is C18H16O4S. The Balaban J connectivity index is 1.98. The van der Waals surface area contributed by atoms with E-state index in [9.17, 15) is 14.1 Å². The fraction of sp³-hybridized carbons (Fsp3) is 0.167. The summed E-state index contributed by atoms with van der Waals surface area (Å²) in [4.78, 5) is 12.9. The van der Waals surface area contributed by atoms with Crippen LogP contribution in [0.2, 0.25) is 0 Å². The molecule has 118 valence electrons. The minimum Gasteiger partial charge on any atom is -0.507 e. The van der Waals surface area contributed by atoms with Crippen LogP contribution in [0, 0.1) is 0 Å². The number of aromatic hydroxyl groups is 1. The highest BCUT2D eigenvalue weighted by atomic mass is 32.2. The number of hydrogen-bond donors (Lipinski definition) is 1. The van der Waals surface area contributed by atoms with Crippen LogP contribution in [-0.2, 0) is 17.2 Å². The lowest BCUT2D eigenvalue weighted by Gasteiger charge is -2.07. The third kappa shape index (κ3) is 3.05. The molecule has 0 aliphatic heterocycles. The molecule has 0 saturated heterocycles. The molecular weight excluding hydrogens is 312 g/mol. The highest BCUT2D eigenvalue weighted by Crippen LogP contribution is 2.27. The third-order valence-electron chi connectivity index (χ3n) is 3.71. The molecule has 1 aromatic heterocycles. The van der Waals surface area contributed by atoms with E-state index in [4.69, 9.17) is 4.42 Å². The summed E-state index contributed by atoms with van der Waals surface area (Å²) in [7, 11) is -1.00. The maximum Gasteiger partial charge on any atom is 0.343 e. The van der Waals surface area contributed by atoms with Crippen molar-refractivity contribution < 1.29 is 13.7 Å². The van der Waals surface area contributed by atoms with Crippen LogP contribution < -0.4 is 5.63 Å². The summed E-state index contributed by atoms with van der Waals surface area (Å²) in [6.45, 7) is 1.86. The van der Waals surface area contributed by atoms with E-state index in [1.54, 1.807) is 36.4 Å². The monoisotopic (exact) mass is 328 g/mol. The van der Waals surface area contributed by atoms with Crippen LogP contribution in [0.1, 0.15) is 18.1 Å². The molecule has 1 heterocycles. The normalized spacial score (nSPS) is 12.4. The lowest BCUT2D eigenvalue weighted by Crippen LogP contribution is -2.08. The summed E-state index contributed by atoms with van der Waals surface area (Å²) in [6.07, 6.45) is 0.262. The van der Waals surface area contributed by atoms with Crippen LogP contribution in [-0.4, -0.2) is 15.1 Å². The molecule has 0 bridgehead atoms. The second-order valence-electron chi connectivity index (χ2n) is 5.17. The first-order chi connectivity index (χ1) is 11.1. The van der Waals surface area contributed by atoms with Gasteiger partial charge in [-0.25, -0.2) is 4.79 Å². The zero-order valence-corrected chi connectivity index (χ0v) is 13.4. The fourth-order valence-electron chi connectivity index (χ4n) is 2.46. The summed E-state index contributed by atoms with van der Waals surface area (Å²) < 4.78 is 17.0. The first-order valence-electron chi connectivity index (χ1n) is 7.31. The summed E-state index contributed by atoms with van der Waals surface area (Å²) >= 11 is 0. The first-order valence-corrected chi connectivity index (χ1v) is 8.63. The van der Waals surface area contributed by atoms with Gasteiger partial charge in [0.25, 0.3) is 0 Å². The van der Waals surface area contributed by atoms with Crippen molar-refractivity contribution in [2.45, 2.75) is 18.2 Å². The van der Waals surface area contributed by atoms with E-state index >= 15 is 0 Å². The van der Waals surface area contributed by atoms with E-state index in [2.05, 4.69) is 0 Å². The molecule has 23 heavy (non-hydrogen) atoms. The fourth-order valence-corrected chi connectivity index (χ4v) is 3.23. The Kier molecular flexibility index (Phi) is 4.30. The van der Waals surface area contributed by atoms with Crippen molar-refractivity contribution in [3.05, 3.63) is 70.1 Å². The first kappa shape index (κ1) is 15.5. The Morgan fingerprint density at radius 1 is 1.09 bits per heavy atom. The zero-order valence-electron chi connectivity index (χ0n) is 12.6. The molecule has 5 heteroatoms. The molecule has 4 nitrogen and oxygen atoms in total. The van der Waals surface area contributed by atoms with Crippen LogP contribution in [0.5, 0.6) is 5.75 Å². The maximum absolute atomic E-state index is 12.1. The number of hydrogen-bond acceptors (Lipinski definition) is 4. The molecule has 0 amide bonds. The zero-order chi connectivity index (χ0) is 16.4. The Labute approximate surface area is 135 Å². The molecule has 0 spiro atoms. The molecule has 0 saturated carbocycles. The average molecular weight is 328 g/mol. The van der Waals surface area contributed by atoms with Crippen LogP contribution >= 0.6 is 0 Å². The van der Waals surface area contributed by atoms with Crippen molar-refractivity contribution in [2.24, 2.45) is 0 Å². The maximum atomic E-state index is 12.1. The lowest BCUT2D eigenvalue weighted by atomic mass is 10.0. The number of fused-ring (bicyclic) bond motifs is 1. The van der Waals surface area contributed by atoms with Crippen molar-refractivity contribution in [1.29, 1.82) is 0 Å². The van der Waals surface area contributed by atoms with E-state index in [1.807, 2.05) is 19.1 Å². The Morgan fingerprint density at radius 3 is 2.48 bits per heavy atom. The van der Waals surface area contributed by atoms with Gasteiger partial charge in [-0.3, -0.25) is 4.21 Å². The SMILES string of the molecule is CCS(=O)c1ccc(Cc2c(O)c3ccccc3oc2=O)cc1. The second-order valence-corrected chi connectivity index (χ2v) is 6.91. The number of benzene rings is 2. The van der Waals surface area contributed by atoms with Gasteiger partial charge >= 0.3 is 5.63 Å². The third-order valence-corrected chi connectivity index (χ3v) is 5.03. The minimum atomic E-state index is -1.00. The molecule has 1 N–H and O–H groups in total. The van der Waals surface area contributed by atoms with Crippen LogP contribution in [0.25, 0.3) is 11.0 Å². The van der Waals surface area contributed by atoms with Crippen LogP contribution in [0.4, 0.5) is 0 Å². The van der Waals surface area contributed by atoms with Gasteiger partial charge < -0.3 is 9.52 Å². The van der Waals surface area contributed by atoms with Gasteiger partial charge in [-0.1, -0.05) is 31.2 Å². The predicted molar refractivity (Wildman–Crippen MR) is 90.3 cm³/mol. The van der Waals surface area contributed by atoms with Gasteiger partial charge in [-0.2, -0.15) is 0 Å². The summed E-state index contributed by atoms with van der Waals surface area (Å²) in [5.41, 5.74) is 0.905. The van der Waals surface area contributed by atoms with Crippen molar-refractivity contribution in [1.82, 2.24) is 0 Å². The van der Waals surface area contributed by atoms with Crippen molar-refractivity contribution in [3.8, 4) is 5.75 Å². The number of rotatable bonds is 4. The van der Waals surface area contributed by atoms with Crippen molar-refractivity contribution in [2.75, 3.05) is 5.75 Å². The second kappa shape index (κ2) is 6.38. The molecule has 3 aromatic rings. The van der Waals surface area contributed by atoms with Crippen molar-refractivity contribution in [3.63, 3.8) is 0 Å².